The number of rotatable bonds is 10. The maximum Gasteiger partial charge on any atom is 0.573 e. The third kappa shape index (κ3) is 10.1. The Kier molecular flexibility index (Phi) is 11.7. The summed E-state index contributed by atoms with van der Waals surface area (Å²) in [6, 6.07) is 27.6. The molecule has 6 rings (SSSR count). The van der Waals surface area contributed by atoms with Crippen molar-refractivity contribution in [3.63, 3.8) is 0 Å². The number of hydrogen-bond acceptors (Lipinski definition) is 8. The lowest BCUT2D eigenvalue weighted by Crippen LogP contribution is -2.46. The number of aromatic nitrogens is 3. The second-order valence-corrected chi connectivity index (χ2v) is 13.2. The number of amides is 2. The zero-order valence-electron chi connectivity index (χ0n) is 28.8. The Morgan fingerprint density at radius 3 is 2.48 bits per heavy atom. The first-order valence-corrected chi connectivity index (χ1v) is 17.8. The van der Waals surface area contributed by atoms with Crippen LogP contribution in [0, 0.1) is 13.8 Å². The number of anilines is 1. The first-order valence-electron chi connectivity index (χ1n) is 16.4. The second kappa shape index (κ2) is 16.8. The summed E-state index contributed by atoms with van der Waals surface area (Å²) in [4.78, 5) is 36.2. The average Bonchev–Trinajstić information content (AvgIpc) is 3.78. The molecule has 1 unspecified atom stereocenters. The third-order valence-corrected chi connectivity index (χ3v) is 8.94. The number of hydrogen-bond donors (Lipinski definition) is 2. The minimum Gasteiger partial charge on any atom is -0.445 e. The van der Waals surface area contributed by atoms with Gasteiger partial charge in [-0.3, -0.25) is 15.0 Å². The van der Waals surface area contributed by atoms with Crippen LogP contribution in [-0.4, -0.2) is 55.3 Å². The molecule has 1 fully saturated rings. The molecule has 5 aromatic rings. The smallest absolute Gasteiger partial charge is 0.445 e. The predicted octanol–water partition coefficient (Wildman–Crippen LogP) is 7.73. The molecule has 0 aliphatic carbocycles. The minimum atomic E-state index is -4.78. The molecule has 0 saturated carbocycles. The number of benzene rings is 4. The van der Waals surface area contributed by atoms with Gasteiger partial charge in [-0.05, 0) is 84.7 Å². The van der Waals surface area contributed by atoms with E-state index in [2.05, 4.69) is 30.4 Å². The number of ether oxygens (including phenoxy) is 2. The van der Waals surface area contributed by atoms with Crippen molar-refractivity contribution in [2.75, 3.05) is 10.7 Å². The van der Waals surface area contributed by atoms with Crippen LogP contribution in [0.5, 0.6) is 5.75 Å². The van der Waals surface area contributed by atoms with E-state index < -0.39 is 18.6 Å². The van der Waals surface area contributed by atoms with Gasteiger partial charge in [0.2, 0.25) is 5.91 Å². The molecule has 2 heterocycles. The molecule has 0 bridgehead atoms. The molecule has 16 heteroatoms. The summed E-state index contributed by atoms with van der Waals surface area (Å²) in [5.41, 5.74) is 5.40. The van der Waals surface area contributed by atoms with Crippen molar-refractivity contribution in [3.05, 3.63) is 132 Å². The number of alkyl carbamates (subject to hydrolysis) is 1. The lowest BCUT2D eigenvalue weighted by molar-refractivity contribution is -0.274. The molecule has 54 heavy (non-hydrogen) atoms. The number of carbonyl (C=O) groups excluding carboxylic acids is 2. The van der Waals surface area contributed by atoms with Gasteiger partial charge in [0.25, 0.3) is 0 Å². The molecular weight excluding hydrogens is 740 g/mol. The van der Waals surface area contributed by atoms with Crippen LogP contribution in [0.4, 0.5) is 23.7 Å². The number of nitrogens with one attached hydrogen (secondary N) is 2. The van der Waals surface area contributed by atoms with Crippen LogP contribution in [-0.2, 0) is 16.1 Å². The van der Waals surface area contributed by atoms with Crippen molar-refractivity contribution in [3.8, 4) is 22.8 Å². The maximum atomic E-state index is 12.9. The molecule has 1 aliphatic rings. The predicted molar refractivity (Wildman–Crippen MR) is 205 cm³/mol. The van der Waals surface area contributed by atoms with Gasteiger partial charge in [-0.2, -0.15) is 4.99 Å². The van der Waals surface area contributed by atoms with Crippen molar-refractivity contribution in [1.82, 2.24) is 25.4 Å². The Balaban J connectivity index is 1.16. The Labute approximate surface area is 317 Å². The van der Waals surface area contributed by atoms with Gasteiger partial charge in [0.1, 0.15) is 24.8 Å². The quantitative estimate of drug-likeness (QED) is 0.109. The molecule has 1 aliphatic heterocycles. The third-order valence-electron chi connectivity index (χ3n) is 7.81. The SMILES string of the molecule is Cc1ccc(C)c(N2C(=O)CS/C2=N\C(=S)NC(/C=C\c2ccc(-c3ncn(-c4ccc(OC(F)(F)F)cc4)n3)cc2)NC(=O)OCc2ccccc2)c1. The van der Waals surface area contributed by atoms with Crippen molar-refractivity contribution in [2.45, 2.75) is 33.0 Å². The van der Waals surface area contributed by atoms with Crippen LogP contribution in [0.3, 0.4) is 0 Å². The van der Waals surface area contributed by atoms with Gasteiger partial charge in [0.05, 0.1) is 17.1 Å². The van der Waals surface area contributed by atoms with Gasteiger partial charge in [0.15, 0.2) is 16.1 Å². The molecule has 0 spiro atoms. The van der Waals surface area contributed by atoms with Crippen LogP contribution in [0.25, 0.3) is 23.2 Å². The fraction of sp³-hybridized carbons (Fsp3) is 0.158. The number of nitrogens with zero attached hydrogens (tertiary/aromatic N) is 5. The van der Waals surface area contributed by atoms with Gasteiger partial charge in [-0.15, -0.1) is 18.3 Å². The van der Waals surface area contributed by atoms with E-state index in [0.29, 0.717) is 22.2 Å². The summed E-state index contributed by atoms with van der Waals surface area (Å²) in [5.74, 6) is 0.146. The summed E-state index contributed by atoms with van der Waals surface area (Å²) < 4.78 is 48.3. The van der Waals surface area contributed by atoms with Gasteiger partial charge >= 0.3 is 12.5 Å². The van der Waals surface area contributed by atoms with Crippen LogP contribution >= 0.6 is 24.0 Å². The number of carbonyl (C=O) groups is 2. The zero-order valence-corrected chi connectivity index (χ0v) is 30.4. The summed E-state index contributed by atoms with van der Waals surface area (Å²) in [7, 11) is 0. The number of aliphatic imine (C=N–C) groups is 1. The van der Waals surface area contributed by atoms with E-state index >= 15 is 0 Å². The molecule has 1 aromatic heterocycles. The maximum absolute atomic E-state index is 12.9. The lowest BCUT2D eigenvalue weighted by Gasteiger charge is -2.20. The molecule has 1 saturated heterocycles. The first-order chi connectivity index (χ1) is 25.9. The molecule has 4 aromatic carbocycles. The van der Waals surface area contributed by atoms with Crippen molar-refractivity contribution < 1.29 is 32.2 Å². The van der Waals surface area contributed by atoms with Gasteiger partial charge < -0.3 is 14.8 Å². The van der Waals surface area contributed by atoms with Crippen molar-refractivity contribution >= 4 is 58.0 Å². The standard InChI is InChI=1S/C38H32F3N7O4S2/c1-24-8-9-25(2)31(20-24)48-33(49)22-54-36(48)45-35(53)43-32(44-37(50)51-21-27-6-4-3-5-7-27)19-12-26-10-13-28(14-11-26)34-42-23-47(46-34)29-15-17-30(18-16-29)52-38(39,40)41/h3-20,23,32H,21-22H2,1-2H3,(H,43,53)(H,44,50)/b19-12-,45-36-. The molecule has 2 N–H and O–H groups in total. The van der Waals surface area contributed by atoms with Gasteiger partial charge in [-0.25, -0.2) is 14.5 Å². The number of thioether (sulfide) groups is 1. The molecule has 2 amide bonds. The summed E-state index contributed by atoms with van der Waals surface area (Å²) >= 11 is 6.85. The number of halogens is 3. The van der Waals surface area contributed by atoms with E-state index in [0.717, 1.165) is 27.9 Å². The fourth-order valence-electron chi connectivity index (χ4n) is 5.19. The summed E-state index contributed by atoms with van der Waals surface area (Å²) in [6.07, 6.45) is -1.44. The van der Waals surface area contributed by atoms with Crippen molar-refractivity contribution in [1.29, 1.82) is 0 Å². The lowest BCUT2D eigenvalue weighted by atomic mass is 10.1. The Bertz CT molecular complexity index is 2190. The molecule has 1 atom stereocenters. The van der Waals surface area contributed by atoms with E-state index in [4.69, 9.17) is 17.0 Å². The highest BCUT2D eigenvalue weighted by atomic mass is 32.2. The highest BCUT2D eigenvalue weighted by Crippen LogP contribution is 2.30. The van der Waals surface area contributed by atoms with Crippen molar-refractivity contribution in [2.24, 2.45) is 4.99 Å². The average molecular weight is 772 g/mol. The number of thiocarbonyl (C=S) groups is 1. The van der Waals surface area contributed by atoms with Gasteiger partial charge in [0, 0.05) is 5.56 Å². The van der Waals surface area contributed by atoms with E-state index in [1.54, 1.807) is 29.2 Å². The number of aryl methyl sites for hydroxylation is 2. The fourth-order valence-corrected chi connectivity index (χ4v) is 6.33. The van der Waals surface area contributed by atoms with E-state index in [-0.39, 0.29) is 29.1 Å². The monoisotopic (exact) mass is 771 g/mol. The van der Waals surface area contributed by atoms with Crippen LogP contribution in [0.1, 0.15) is 22.3 Å². The largest absolute Gasteiger partial charge is 0.573 e. The Morgan fingerprint density at radius 2 is 1.76 bits per heavy atom. The zero-order chi connectivity index (χ0) is 38.2. The highest BCUT2D eigenvalue weighted by Gasteiger charge is 2.32. The molecule has 276 valence electrons. The van der Waals surface area contributed by atoms with E-state index in [1.165, 1.54) is 47.0 Å². The van der Waals surface area contributed by atoms with Gasteiger partial charge in [-0.1, -0.05) is 84.6 Å². The Morgan fingerprint density at radius 1 is 1.02 bits per heavy atom. The number of alkyl halides is 3. The minimum absolute atomic E-state index is 0.0417. The molecule has 11 nitrogen and oxygen atoms in total. The Hall–Kier alpha value is -6.00. The molecule has 0 radical (unpaired) electrons. The van der Waals surface area contributed by atoms with Crippen LogP contribution < -0.4 is 20.3 Å². The molecular formula is C38H32F3N7O4S2. The second-order valence-electron chi connectivity index (χ2n) is 11.9. The van der Waals surface area contributed by atoms with E-state index in [1.807, 2.05) is 74.5 Å². The highest BCUT2D eigenvalue weighted by molar-refractivity contribution is 8.15. The normalized spacial score (nSPS) is 14.4. The number of amidine groups is 1. The van der Waals surface area contributed by atoms with E-state index in [9.17, 15) is 22.8 Å². The van der Waals surface area contributed by atoms with Crippen LogP contribution in [0.2, 0.25) is 0 Å². The first kappa shape index (κ1) is 37.7. The van der Waals surface area contributed by atoms with Crippen LogP contribution in [0.15, 0.2) is 114 Å². The summed E-state index contributed by atoms with van der Waals surface area (Å²) in [6.45, 7) is 3.93. The summed E-state index contributed by atoms with van der Waals surface area (Å²) in [5, 5.41) is 10.7. The topological polar surface area (TPSA) is 123 Å².